The second-order valence-corrected chi connectivity index (χ2v) is 8.59. The molecule has 146 valence electrons. The minimum atomic E-state index is -3.57. The maximum absolute atomic E-state index is 12.7. The van der Waals surface area contributed by atoms with Gasteiger partial charge in [0, 0.05) is 32.6 Å². The van der Waals surface area contributed by atoms with Gasteiger partial charge in [-0.3, -0.25) is 14.9 Å². The number of amides is 4. The van der Waals surface area contributed by atoms with Gasteiger partial charge in [-0.2, -0.15) is 4.31 Å². The minimum absolute atomic E-state index is 0.114. The zero-order valence-electron chi connectivity index (χ0n) is 15.0. The zero-order valence-corrected chi connectivity index (χ0v) is 15.8. The molecule has 9 nitrogen and oxygen atoms in total. The number of aryl methyl sites for hydroxylation is 1. The van der Waals surface area contributed by atoms with E-state index in [4.69, 9.17) is 0 Å². The highest BCUT2D eigenvalue weighted by atomic mass is 32.2. The van der Waals surface area contributed by atoms with Crippen LogP contribution in [0.15, 0.2) is 29.2 Å². The normalized spacial score (nSPS) is 21.1. The molecule has 2 aliphatic rings. The molecule has 0 radical (unpaired) electrons. The van der Waals surface area contributed by atoms with Crippen molar-refractivity contribution in [3.8, 4) is 0 Å². The van der Waals surface area contributed by atoms with Crippen LogP contribution < -0.4 is 10.6 Å². The van der Waals surface area contributed by atoms with Crippen molar-refractivity contribution < 1.29 is 22.8 Å². The second-order valence-electron chi connectivity index (χ2n) is 6.65. The SMILES string of the molecule is Cc1ccc(S(=O)(=O)N2CCN(C(=O)CCC3NC(=O)NC3=O)CC2)cc1. The molecule has 10 heteroatoms. The number of carbonyl (C=O) groups is 3. The molecule has 27 heavy (non-hydrogen) atoms. The highest BCUT2D eigenvalue weighted by Crippen LogP contribution is 2.18. The number of rotatable bonds is 5. The fraction of sp³-hybridized carbons (Fsp3) is 0.471. The smallest absolute Gasteiger partial charge is 0.322 e. The summed E-state index contributed by atoms with van der Waals surface area (Å²) in [5.74, 6) is -0.585. The van der Waals surface area contributed by atoms with Crippen molar-refractivity contribution in [3.05, 3.63) is 29.8 Å². The Morgan fingerprint density at radius 3 is 2.30 bits per heavy atom. The molecule has 2 fully saturated rings. The number of imide groups is 1. The van der Waals surface area contributed by atoms with Crippen LogP contribution >= 0.6 is 0 Å². The maximum atomic E-state index is 12.7. The van der Waals surface area contributed by atoms with E-state index in [0.29, 0.717) is 13.1 Å². The molecule has 1 atom stereocenters. The predicted octanol–water partition coefficient (Wildman–Crippen LogP) is -0.184. The third-order valence-electron chi connectivity index (χ3n) is 4.76. The predicted molar refractivity (Wildman–Crippen MR) is 96.2 cm³/mol. The molecule has 0 saturated carbocycles. The van der Waals surface area contributed by atoms with Crippen LogP contribution in [0.1, 0.15) is 18.4 Å². The fourth-order valence-electron chi connectivity index (χ4n) is 3.13. The Kier molecular flexibility index (Phi) is 5.47. The third-order valence-corrected chi connectivity index (χ3v) is 6.67. The monoisotopic (exact) mass is 394 g/mol. The lowest BCUT2D eigenvalue weighted by Gasteiger charge is -2.34. The molecule has 1 aromatic carbocycles. The van der Waals surface area contributed by atoms with E-state index in [-0.39, 0.29) is 36.7 Å². The number of nitrogens with one attached hydrogen (secondary N) is 2. The van der Waals surface area contributed by atoms with Gasteiger partial charge in [-0.15, -0.1) is 0 Å². The van der Waals surface area contributed by atoms with Crippen LogP contribution in [0.2, 0.25) is 0 Å². The van der Waals surface area contributed by atoms with Crippen molar-refractivity contribution >= 4 is 27.9 Å². The standard InChI is InChI=1S/C17H22N4O5S/c1-12-2-4-13(5-3-12)27(25,26)21-10-8-20(9-11-21)15(22)7-6-14-16(23)19-17(24)18-14/h2-5,14H,6-11H2,1H3,(H2,18,19,23,24). The second kappa shape index (κ2) is 7.65. The number of piperazine rings is 1. The molecule has 0 bridgehead atoms. The van der Waals surface area contributed by atoms with E-state index in [0.717, 1.165) is 5.56 Å². The summed E-state index contributed by atoms with van der Waals surface area (Å²) < 4.78 is 26.7. The first kappa shape index (κ1) is 19.3. The summed E-state index contributed by atoms with van der Waals surface area (Å²) in [6.07, 6.45) is 0.335. The van der Waals surface area contributed by atoms with Crippen molar-refractivity contribution in [1.82, 2.24) is 19.8 Å². The van der Waals surface area contributed by atoms with Gasteiger partial charge in [-0.1, -0.05) is 17.7 Å². The van der Waals surface area contributed by atoms with Crippen LogP contribution in [0.4, 0.5) is 4.79 Å². The quantitative estimate of drug-likeness (QED) is 0.672. The van der Waals surface area contributed by atoms with E-state index in [1.807, 2.05) is 6.92 Å². The molecule has 3 rings (SSSR count). The summed E-state index contributed by atoms with van der Waals surface area (Å²) in [6, 6.07) is 5.44. The van der Waals surface area contributed by atoms with Crippen LogP contribution in [-0.2, 0) is 19.6 Å². The van der Waals surface area contributed by atoms with E-state index < -0.39 is 28.0 Å². The molecule has 2 heterocycles. The molecule has 4 amide bonds. The summed E-state index contributed by atoms with van der Waals surface area (Å²) in [5.41, 5.74) is 0.983. The van der Waals surface area contributed by atoms with E-state index in [2.05, 4.69) is 10.6 Å². The number of carbonyl (C=O) groups excluding carboxylic acids is 3. The van der Waals surface area contributed by atoms with Gasteiger partial charge < -0.3 is 10.2 Å². The molecule has 1 aromatic rings. The average Bonchev–Trinajstić information content (AvgIpc) is 2.97. The Morgan fingerprint density at radius 1 is 1.11 bits per heavy atom. The minimum Gasteiger partial charge on any atom is -0.340 e. The van der Waals surface area contributed by atoms with Gasteiger partial charge in [0.15, 0.2) is 0 Å². The van der Waals surface area contributed by atoms with Crippen molar-refractivity contribution in [2.75, 3.05) is 26.2 Å². The Balaban J connectivity index is 1.52. The van der Waals surface area contributed by atoms with Crippen molar-refractivity contribution in [2.24, 2.45) is 0 Å². The van der Waals surface area contributed by atoms with Crippen molar-refractivity contribution in [2.45, 2.75) is 30.7 Å². The summed E-state index contributed by atoms with van der Waals surface area (Å²) in [7, 11) is -3.57. The van der Waals surface area contributed by atoms with E-state index in [1.165, 1.54) is 4.31 Å². The number of benzene rings is 1. The molecule has 0 aromatic heterocycles. The Morgan fingerprint density at radius 2 is 1.74 bits per heavy atom. The number of hydrogen-bond donors (Lipinski definition) is 2. The van der Waals surface area contributed by atoms with Crippen LogP contribution in [-0.4, -0.2) is 67.7 Å². The van der Waals surface area contributed by atoms with Gasteiger partial charge in [0.1, 0.15) is 6.04 Å². The molecule has 2 N–H and O–H groups in total. The first-order valence-corrected chi connectivity index (χ1v) is 10.2. The molecule has 0 spiro atoms. The van der Waals surface area contributed by atoms with Gasteiger partial charge in [0.2, 0.25) is 15.9 Å². The highest BCUT2D eigenvalue weighted by molar-refractivity contribution is 7.89. The average molecular weight is 394 g/mol. The van der Waals surface area contributed by atoms with Crippen LogP contribution in [0, 0.1) is 6.92 Å². The zero-order chi connectivity index (χ0) is 19.6. The number of hydrogen-bond acceptors (Lipinski definition) is 5. The van der Waals surface area contributed by atoms with Crippen LogP contribution in [0.25, 0.3) is 0 Å². The first-order valence-electron chi connectivity index (χ1n) is 8.73. The highest BCUT2D eigenvalue weighted by Gasteiger charge is 2.32. The first-order chi connectivity index (χ1) is 12.8. The largest absolute Gasteiger partial charge is 0.340 e. The molecule has 0 aliphatic carbocycles. The summed E-state index contributed by atoms with van der Waals surface area (Å²) in [5, 5.41) is 4.58. The van der Waals surface area contributed by atoms with Gasteiger partial charge in [-0.05, 0) is 25.5 Å². The Hall–Kier alpha value is -2.46. The molecular weight excluding hydrogens is 372 g/mol. The summed E-state index contributed by atoms with van der Waals surface area (Å²) in [4.78, 5) is 36.7. The van der Waals surface area contributed by atoms with E-state index in [9.17, 15) is 22.8 Å². The number of sulfonamides is 1. The maximum Gasteiger partial charge on any atom is 0.322 e. The Bertz CT molecular complexity index is 845. The molecule has 1 unspecified atom stereocenters. The van der Waals surface area contributed by atoms with Gasteiger partial charge >= 0.3 is 6.03 Å². The molecular formula is C17H22N4O5S. The lowest BCUT2D eigenvalue weighted by molar-refractivity contribution is -0.132. The lowest BCUT2D eigenvalue weighted by atomic mass is 10.1. The van der Waals surface area contributed by atoms with Crippen LogP contribution in [0.3, 0.4) is 0 Å². The summed E-state index contributed by atoms with van der Waals surface area (Å²) in [6.45, 7) is 2.94. The molecule has 2 saturated heterocycles. The molecule has 2 aliphatic heterocycles. The van der Waals surface area contributed by atoms with Gasteiger partial charge in [0.25, 0.3) is 5.91 Å². The Labute approximate surface area is 157 Å². The number of nitrogens with zero attached hydrogens (tertiary/aromatic N) is 2. The number of urea groups is 1. The van der Waals surface area contributed by atoms with Gasteiger partial charge in [0.05, 0.1) is 4.90 Å². The fourth-order valence-corrected chi connectivity index (χ4v) is 4.55. The van der Waals surface area contributed by atoms with Crippen LogP contribution in [0.5, 0.6) is 0 Å². The van der Waals surface area contributed by atoms with Crippen molar-refractivity contribution in [1.29, 1.82) is 0 Å². The van der Waals surface area contributed by atoms with Crippen molar-refractivity contribution in [3.63, 3.8) is 0 Å². The third kappa shape index (κ3) is 4.28. The van der Waals surface area contributed by atoms with E-state index in [1.54, 1.807) is 29.2 Å². The summed E-state index contributed by atoms with van der Waals surface area (Å²) >= 11 is 0. The topological polar surface area (TPSA) is 116 Å². The van der Waals surface area contributed by atoms with Gasteiger partial charge in [-0.25, -0.2) is 13.2 Å². The lowest BCUT2D eigenvalue weighted by Crippen LogP contribution is -2.50. The van der Waals surface area contributed by atoms with E-state index >= 15 is 0 Å².